The normalized spacial score (nSPS) is 11.0. The molecule has 3 aromatic rings. The topological polar surface area (TPSA) is 94.6 Å². The van der Waals surface area contributed by atoms with Crippen molar-refractivity contribution in [1.82, 2.24) is 4.98 Å². The second-order valence-electron chi connectivity index (χ2n) is 6.77. The van der Waals surface area contributed by atoms with Crippen LogP contribution in [0.25, 0.3) is 0 Å². The molecule has 0 aliphatic heterocycles. The minimum Gasteiger partial charge on any atom is -0.454 e. The number of amides is 1. The summed E-state index contributed by atoms with van der Waals surface area (Å²) in [7, 11) is 0. The number of esters is 1. The summed E-state index contributed by atoms with van der Waals surface area (Å²) in [6.07, 6.45) is -3.38. The summed E-state index contributed by atoms with van der Waals surface area (Å²) in [5, 5.41) is 2.74. The molecule has 12 heteroatoms. The third-order valence-corrected chi connectivity index (χ3v) is 5.74. The number of halogens is 4. The number of benzene rings is 2. The number of pyridine rings is 1. The number of alkyl halides is 3. The maximum Gasteiger partial charge on any atom is 0.573 e. The van der Waals surface area contributed by atoms with E-state index in [1.807, 2.05) is 0 Å². The molecule has 0 atom stereocenters. The van der Waals surface area contributed by atoms with Crippen molar-refractivity contribution in [2.45, 2.75) is 11.4 Å². The van der Waals surface area contributed by atoms with Gasteiger partial charge in [-0.2, -0.15) is 0 Å². The molecule has 0 spiro atoms. The SMILES string of the molecule is O=C(CSc1ncccc1C(=O)OCC(=O)c1ccc(Br)cc1)Nc1ccc(OC(F)(F)F)cc1. The molecule has 0 saturated carbocycles. The Morgan fingerprint density at radius 2 is 1.69 bits per heavy atom. The number of hydrogen-bond acceptors (Lipinski definition) is 7. The van der Waals surface area contributed by atoms with Crippen LogP contribution >= 0.6 is 27.7 Å². The molecule has 0 bridgehead atoms. The van der Waals surface area contributed by atoms with Crippen molar-refractivity contribution >= 4 is 51.0 Å². The lowest BCUT2D eigenvalue weighted by molar-refractivity contribution is -0.274. The molecule has 0 aliphatic carbocycles. The molecule has 3 rings (SSSR count). The third kappa shape index (κ3) is 8.41. The molecule has 2 aromatic carbocycles. The van der Waals surface area contributed by atoms with Crippen molar-refractivity contribution in [3.63, 3.8) is 0 Å². The number of ketones is 1. The molecule has 0 fully saturated rings. The average Bonchev–Trinajstić information content (AvgIpc) is 2.82. The van der Waals surface area contributed by atoms with Gasteiger partial charge in [0, 0.05) is 21.9 Å². The van der Waals surface area contributed by atoms with Crippen LogP contribution in [0.15, 0.2) is 76.4 Å². The fourth-order valence-electron chi connectivity index (χ4n) is 2.66. The lowest BCUT2D eigenvalue weighted by atomic mass is 10.1. The fraction of sp³-hybridized carbons (Fsp3) is 0.130. The van der Waals surface area contributed by atoms with Crippen LogP contribution in [0.1, 0.15) is 20.7 Å². The Balaban J connectivity index is 1.54. The number of rotatable bonds is 9. The first-order chi connectivity index (χ1) is 16.6. The van der Waals surface area contributed by atoms with E-state index in [9.17, 15) is 27.6 Å². The van der Waals surface area contributed by atoms with Crippen molar-refractivity contribution in [2.75, 3.05) is 17.7 Å². The zero-order chi connectivity index (χ0) is 25.4. The molecular formula is C23H16BrF3N2O5S. The summed E-state index contributed by atoms with van der Waals surface area (Å²) in [5.74, 6) is -2.19. The van der Waals surface area contributed by atoms with E-state index >= 15 is 0 Å². The van der Waals surface area contributed by atoms with Crippen molar-refractivity contribution in [1.29, 1.82) is 0 Å². The fourth-order valence-corrected chi connectivity index (χ4v) is 3.71. The summed E-state index contributed by atoms with van der Waals surface area (Å²) in [5.41, 5.74) is 0.733. The quantitative estimate of drug-likeness (QED) is 0.206. The van der Waals surface area contributed by atoms with Crippen LogP contribution in [0.3, 0.4) is 0 Å². The van der Waals surface area contributed by atoms with Gasteiger partial charge in [-0.15, -0.1) is 13.2 Å². The minimum absolute atomic E-state index is 0.0857. The maximum atomic E-state index is 12.5. The van der Waals surface area contributed by atoms with Gasteiger partial charge in [0.1, 0.15) is 10.8 Å². The van der Waals surface area contributed by atoms with Crippen LogP contribution < -0.4 is 10.1 Å². The Morgan fingerprint density at radius 3 is 2.34 bits per heavy atom. The van der Waals surface area contributed by atoms with E-state index in [0.717, 1.165) is 28.4 Å². The Hall–Kier alpha value is -3.38. The minimum atomic E-state index is -4.81. The third-order valence-electron chi connectivity index (χ3n) is 4.20. The first-order valence-electron chi connectivity index (χ1n) is 9.80. The number of aromatic nitrogens is 1. The van der Waals surface area contributed by atoms with E-state index in [0.29, 0.717) is 5.56 Å². The van der Waals surface area contributed by atoms with Gasteiger partial charge in [0.25, 0.3) is 0 Å². The molecule has 1 aromatic heterocycles. The van der Waals surface area contributed by atoms with E-state index in [1.165, 1.54) is 30.5 Å². The number of thioether (sulfide) groups is 1. The summed E-state index contributed by atoms with van der Waals surface area (Å²) < 4.78 is 46.4. The van der Waals surface area contributed by atoms with E-state index in [1.54, 1.807) is 24.3 Å². The van der Waals surface area contributed by atoms with Gasteiger partial charge in [-0.05, 0) is 48.5 Å². The van der Waals surface area contributed by atoms with Gasteiger partial charge in [-0.1, -0.05) is 39.8 Å². The molecule has 35 heavy (non-hydrogen) atoms. The lowest BCUT2D eigenvalue weighted by Gasteiger charge is -2.10. The van der Waals surface area contributed by atoms with Crippen LogP contribution in [0, 0.1) is 0 Å². The van der Waals surface area contributed by atoms with Gasteiger partial charge < -0.3 is 14.8 Å². The highest BCUT2D eigenvalue weighted by atomic mass is 79.9. The number of anilines is 1. The standard InChI is InChI=1S/C23H16BrF3N2O5S/c24-15-5-3-14(4-6-15)19(30)12-33-22(32)18-2-1-11-28-21(18)35-13-20(31)29-16-7-9-17(10-8-16)34-23(25,26)27/h1-11H,12-13H2,(H,29,31). The molecule has 7 nitrogen and oxygen atoms in total. The van der Waals surface area contributed by atoms with Crippen LogP contribution in [-0.4, -0.2) is 41.4 Å². The molecule has 1 heterocycles. The molecule has 1 amide bonds. The number of ether oxygens (including phenoxy) is 2. The summed E-state index contributed by atoms with van der Waals surface area (Å²) in [6.45, 7) is -0.464. The molecule has 0 saturated heterocycles. The lowest BCUT2D eigenvalue weighted by Crippen LogP contribution is -2.17. The van der Waals surface area contributed by atoms with Crippen LogP contribution in [0.5, 0.6) is 5.75 Å². The number of carbonyl (C=O) groups excluding carboxylic acids is 3. The Kier molecular flexibility index (Phi) is 8.88. The summed E-state index contributed by atoms with van der Waals surface area (Å²) in [6, 6.07) is 14.2. The number of nitrogens with one attached hydrogen (secondary N) is 1. The molecule has 1 N–H and O–H groups in total. The van der Waals surface area contributed by atoms with Gasteiger partial charge in [0.2, 0.25) is 5.91 Å². The number of nitrogens with zero attached hydrogens (tertiary/aromatic N) is 1. The van der Waals surface area contributed by atoms with Crippen LogP contribution in [-0.2, 0) is 9.53 Å². The van der Waals surface area contributed by atoms with Crippen LogP contribution in [0.2, 0.25) is 0 Å². The number of hydrogen-bond donors (Lipinski definition) is 1. The molecule has 0 aliphatic rings. The molecular weight excluding hydrogens is 553 g/mol. The zero-order valence-corrected chi connectivity index (χ0v) is 20.1. The van der Waals surface area contributed by atoms with E-state index in [-0.39, 0.29) is 27.8 Å². The van der Waals surface area contributed by atoms with Crippen molar-refractivity contribution in [3.05, 3.63) is 82.5 Å². The number of Topliss-reactive ketones (excluding diaryl/α,β-unsaturated/α-hetero) is 1. The predicted molar refractivity (Wildman–Crippen MR) is 125 cm³/mol. The second kappa shape index (κ2) is 11.8. The Bertz CT molecular complexity index is 1210. The summed E-state index contributed by atoms with van der Waals surface area (Å²) in [4.78, 5) is 41.0. The van der Waals surface area contributed by atoms with Crippen molar-refractivity contribution < 1.29 is 37.0 Å². The van der Waals surface area contributed by atoms with E-state index in [4.69, 9.17) is 4.74 Å². The van der Waals surface area contributed by atoms with Crippen LogP contribution in [0.4, 0.5) is 18.9 Å². The number of carbonyl (C=O) groups is 3. The summed E-state index contributed by atoms with van der Waals surface area (Å²) >= 11 is 4.23. The monoisotopic (exact) mass is 568 g/mol. The highest BCUT2D eigenvalue weighted by molar-refractivity contribution is 9.10. The predicted octanol–water partition coefficient (Wildman–Crippen LogP) is 5.51. The maximum absolute atomic E-state index is 12.5. The van der Waals surface area contributed by atoms with Gasteiger partial charge in [0.15, 0.2) is 12.4 Å². The first-order valence-corrected chi connectivity index (χ1v) is 11.6. The second-order valence-corrected chi connectivity index (χ2v) is 8.65. The van der Waals surface area contributed by atoms with Gasteiger partial charge >= 0.3 is 12.3 Å². The van der Waals surface area contributed by atoms with Crippen molar-refractivity contribution in [3.8, 4) is 5.75 Å². The van der Waals surface area contributed by atoms with Gasteiger partial charge in [0.05, 0.1) is 11.3 Å². The highest BCUT2D eigenvalue weighted by Gasteiger charge is 2.31. The van der Waals surface area contributed by atoms with Crippen molar-refractivity contribution in [2.24, 2.45) is 0 Å². The van der Waals surface area contributed by atoms with Gasteiger partial charge in [-0.3, -0.25) is 9.59 Å². The Morgan fingerprint density at radius 1 is 1.00 bits per heavy atom. The average molecular weight is 569 g/mol. The first kappa shape index (κ1) is 26.2. The van der Waals surface area contributed by atoms with E-state index in [2.05, 4.69) is 31.0 Å². The molecule has 0 unspecified atom stereocenters. The molecule has 0 radical (unpaired) electrons. The molecule has 182 valence electrons. The largest absolute Gasteiger partial charge is 0.573 e. The van der Waals surface area contributed by atoms with Gasteiger partial charge in [-0.25, -0.2) is 9.78 Å². The smallest absolute Gasteiger partial charge is 0.454 e. The zero-order valence-electron chi connectivity index (χ0n) is 17.7. The Labute approximate surface area is 210 Å². The van der Waals surface area contributed by atoms with E-state index < -0.39 is 30.6 Å². The highest BCUT2D eigenvalue weighted by Crippen LogP contribution is 2.25.